The zero-order chi connectivity index (χ0) is 18.0. The number of para-hydroxylation sites is 2. The number of fused-ring (bicyclic) bond motifs is 1. The van der Waals surface area contributed by atoms with Crippen molar-refractivity contribution in [1.29, 1.82) is 0 Å². The standard InChI is InChI=1S/C20H22N2O3/c1-20(2,12-18(23)24)11-14-6-5-7-15(10-14)13-22-17-9-4-3-8-16(17)21-19(22)25/h3-10H,11-13H2,1-2H3,(H,21,25)(H,23,24). The fourth-order valence-electron chi connectivity index (χ4n) is 3.31. The van der Waals surface area contributed by atoms with E-state index in [0.29, 0.717) is 13.0 Å². The highest BCUT2D eigenvalue weighted by Crippen LogP contribution is 2.26. The summed E-state index contributed by atoms with van der Waals surface area (Å²) < 4.78 is 1.72. The molecule has 130 valence electrons. The van der Waals surface area contributed by atoms with E-state index in [1.807, 2.05) is 56.3 Å². The summed E-state index contributed by atoms with van der Waals surface area (Å²) in [4.78, 5) is 26.1. The Morgan fingerprint density at radius 2 is 1.84 bits per heavy atom. The molecule has 0 radical (unpaired) electrons. The van der Waals surface area contributed by atoms with Crippen LogP contribution in [-0.4, -0.2) is 20.6 Å². The lowest BCUT2D eigenvalue weighted by Crippen LogP contribution is -2.20. The maximum atomic E-state index is 12.2. The van der Waals surface area contributed by atoms with Gasteiger partial charge in [-0.3, -0.25) is 9.36 Å². The quantitative estimate of drug-likeness (QED) is 0.723. The lowest BCUT2D eigenvalue weighted by Gasteiger charge is -2.22. The largest absolute Gasteiger partial charge is 0.481 e. The first kappa shape index (κ1) is 17.0. The highest BCUT2D eigenvalue weighted by Gasteiger charge is 2.22. The molecule has 0 unspecified atom stereocenters. The van der Waals surface area contributed by atoms with Gasteiger partial charge in [-0.2, -0.15) is 0 Å². The topological polar surface area (TPSA) is 75.1 Å². The van der Waals surface area contributed by atoms with Crippen molar-refractivity contribution in [1.82, 2.24) is 9.55 Å². The summed E-state index contributed by atoms with van der Waals surface area (Å²) in [6, 6.07) is 15.6. The molecule has 0 aliphatic rings. The van der Waals surface area contributed by atoms with E-state index < -0.39 is 5.97 Å². The second-order valence-corrected chi connectivity index (χ2v) is 7.26. The van der Waals surface area contributed by atoms with Crippen LogP contribution in [0.15, 0.2) is 53.3 Å². The Bertz CT molecular complexity index is 966. The number of hydrogen-bond donors (Lipinski definition) is 2. The number of carboxylic acids is 1. The monoisotopic (exact) mass is 338 g/mol. The number of imidazole rings is 1. The highest BCUT2D eigenvalue weighted by molar-refractivity contribution is 5.75. The maximum absolute atomic E-state index is 12.2. The first-order valence-corrected chi connectivity index (χ1v) is 8.31. The molecule has 0 saturated carbocycles. The Kier molecular flexibility index (Phi) is 4.49. The number of nitrogens with zero attached hydrogens (tertiary/aromatic N) is 1. The number of aliphatic carboxylic acids is 1. The van der Waals surface area contributed by atoms with Crippen molar-refractivity contribution < 1.29 is 9.90 Å². The van der Waals surface area contributed by atoms with Crippen molar-refractivity contribution in [2.75, 3.05) is 0 Å². The lowest BCUT2D eigenvalue weighted by molar-refractivity contribution is -0.139. The molecule has 3 aromatic rings. The van der Waals surface area contributed by atoms with Crippen molar-refractivity contribution in [3.63, 3.8) is 0 Å². The molecule has 2 aromatic carbocycles. The van der Waals surface area contributed by atoms with E-state index in [0.717, 1.165) is 22.2 Å². The molecule has 3 rings (SSSR count). The second kappa shape index (κ2) is 6.59. The van der Waals surface area contributed by atoms with Gasteiger partial charge in [0.15, 0.2) is 0 Å². The van der Waals surface area contributed by atoms with Crippen LogP contribution in [0, 0.1) is 5.41 Å². The van der Waals surface area contributed by atoms with Crippen LogP contribution in [0.25, 0.3) is 11.0 Å². The van der Waals surface area contributed by atoms with Gasteiger partial charge >= 0.3 is 11.7 Å². The van der Waals surface area contributed by atoms with Crippen molar-refractivity contribution in [2.45, 2.75) is 33.2 Å². The number of benzene rings is 2. The van der Waals surface area contributed by atoms with Crippen molar-refractivity contribution in [2.24, 2.45) is 5.41 Å². The Morgan fingerprint density at radius 3 is 2.60 bits per heavy atom. The number of aromatic nitrogens is 2. The number of carboxylic acid groups (broad SMARTS) is 1. The van der Waals surface area contributed by atoms with Crippen LogP contribution >= 0.6 is 0 Å². The minimum absolute atomic E-state index is 0.124. The van der Waals surface area contributed by atoms with Gasteiger partial charge in [0.25, 0.3) is 0 Å². The summed E-state index contributed by atoms with van der Waals surface area (Å²) in [7, 11) is 0. The Hall–Kier alpha value is -2.82. The normalized spacial score (nSPS) is 11.8. The van der Waals surface area contributed by atoms with Gasteiger partial charge in [0.2, 0.25) is 0 Å². The Labute approximate surface area is 145 Å². The molecule has 0 aliphatic carbocycles. The molecule has 0 spiro atoms. The van der Waals surface area contributed by atoms with E-state index >= 15 is 0 Å². The minimum atomic E-state index is -0.786. The first-order valence-electron chi connectivity index (χ1n) is 8.31. The molecule has 1 heterocycles. The fourth-order valence-corrected chi connectivity index (χ4v) is 3.31. The van der Waals surface area contributed by atoms with Crippen LogP contribution in [0.1, 0.15) is 31.4 Å². The van der Waals surface area contributed by atoms with E-state index in [-0.39, 0.29) is 17.5 Å². The van der Waals surface area contributed by atoms with Crippen LogP contribution in [0.3, 0.4) is 0 Å². The number of carbonyl (C=O) groups is 1. The van der Waals surface area contributed by atoms with Gasteiger partial charge in [-0.15, -0.1) is 0 Å². The molecule has 25 heavy (non-hydrogen) atoms. The highest BCUT2D eigenvalue weighted by atomic mass is 16.4. The molecule has 5 heteroatoms. The molecule has 0 aliphatic heterocycles. The van der Waals surface area contributed by atoms with Crippen molar-refractivity contribution in [3.8, 4) is 0 Å². The molecule has 0 fully saturated rings. The van der Waals surface area contributed by atoms with Gasteiger partial charge in [0.05, 0.1) is 24.0 Å². The van der Waals surface area contributed by atoms with Gasteiger partial charge < -0.3 is 10.1 Å². The number of H-pyrrole nitrogens is 1. The summed E-state index contributed by atoms with van der Waals surface area (Å²) in [5.41, 5.74) is 3.36. The molecule has 0 amide bonds. The van der Waals surface area contributed by atoms with Gasteiger partial charge in [0.1, 0.15) is 0 Å². The van der Waals surface area contributed by atoms with Gasteiger partial charge in [-0.05, 0) is 35.1 Å². The summed E-state index contributed by atoms with van der Waals surface area (Å²) >= 11 is 0. The average molecular weight is 338 g/mol. The molecule has 0 atom stereocenters. The summed E-state index contributed by atoms with van der Waals surface area (Å²) in [6.45, 7) is 4.39. The van der Waals surface area contributed by atoms with Crippen molar-refractivity contribution in [3.05, 3.63) is 70.1 Å². The smallest absolute Gasteiger partial charge is 0.326 e. The number of aromatic amines is 1. The molecular formula is C20H22N2O3. The molecule has 0 saturated heterocycles. The van der Waals surface area contributed by atoms with Crippen molar-refractivity contribution >= 4 is 17.0 Å². The van der Waals surface area contributed by atoms with E-state index in [9.17, 15) is 9.59 Å². The number of hydrogen-bond acceptors (Lipinski definition) is 2. The summed E-state index contributed by atoms with van der Waals surface area (Å²) in [5.74, 6) is -0.786. The predicted molar refractivity (Wildman–Crippen MR) is 97.8 cm³/mol. The Balaban J connectivity index is 1.86. The predicted octanol–water partition coefficient (Wildman–Crippen LogP) is 3.42. The van der Waals surface area contributed by atoms with Crippen LogP contribution < -0.4 is 5.69 Å². The van der Waals surface area contributed by atoms with Crippen LogP contribution in [0.5, 0.6) is 0 Å². The van der Waals surface area contributed by atoms with E-state index in [2.05, 4.69) is 11.1 Å². The van der Waals surface area contributed by atoms with E-state index in [1.54, 1.807) is 4.57 Å². The first-order chi connectivity index (χ1) is 11.8. The van der Waals surface area contributed by atoms with Gasteiger partial charge in [-0.25, -0.2) is 4.79 Å². The zero-order valence-corrected chi connectivity index (χ0v) is 14.5. The number of nitrogens with one attached hydrogen (secondary N) is 1. The third-order valence-corrected chi connectivity index (χ3v) is 4.33. The maximum Gasteiger partial charge on any atom is 0.326 e. The molecule has 0 bridgehead atoms. The van der Waals surface area contributed by atoms with Crippen LogP contribution in [-0.2, 0) is 17.8 Å². The second-order valence-electron chi connectivity index (χ2n) is 7.26. The average Bonchev–Trinajstić information content (AvgIpc) is 2.82. The molecule has 1 aromatic heterocycles. The third kappa shape index (κ3) is 3.99. The molecule has 2 N–H and O–H groups in total. The van der Waals surface area contributed by atoms with Gasteiger partial charge in [0, 0.05) is 0 Å². The Morgan fingerprint density at radius 1 is 1.12 bits per heavy atom. The van der Waals surface area contributed by atoms with Crippen LogP contribution in [0.2, 0.25) is 0 Å². The number of rotatable bonds is 6. The molecular weight excluding hydrogens is 316 g/mol. The summed E-state index contributed by atoms with van der Waals surface area (Å²) in [6.07, 6.45) is 0.801. The SMILES string of the molecule is CC(C)(CC(=O)O)Cc1cccc(Cn2c(=O)[nH]c3ccccc32)c1. The van der Waals surface area contributed by atoms with Crippen LogP contribution in [0.4, 0.5) is 0 Å². The third-order valence-electron chi connectivity index (χ3n) is 4.33. The lowest BCUT2D eigenvalue weighted by atomic mass is 9.82. The van der Waals surface area contributed by atoms with Gasteiger partial charge in [-0.1, -0.05) is 50.2 Å². The zero-order valence-electron chi connectivity index (χ0n) is 14.5. The summed E-state index contributed by atoms with van der Waals surface area (Å²) in [5, 5.41) is 9.04. The molecule has 5 nitrogen and oxygen atoms in total. The van der Waals surface area contributed by atoms with E-state index in [1.165, 1.54) is 0 Å². The minimum Gasteiger partial charge on any atom is -0.481 e. The fraction of sp³-hybridized carbons (Fsp3) is 0.300. The van der Waals surface area contributed by atoms with E-state index in [4.69, 9.17) is 5.11 Å².